The number of nitrogens with one attached hydrogen (secondary N) is 1. The van der Waals surface area contributed by atoms with E-state index in [0.717, 1.165) is 21.8 Å². The van der Waals surface area contributed by atoms with E-state index in [0.29, 0.717) is 44.0 Å². The number of sulfonamides is 1. The molecule has 1 N–H and O–H groups in total. The summed E-state index contributed by atoms with van der Waals surface area (Å²) in [5, 5.41) is 5.98. The van der Waals surface area contributed by atoms with Crippen molar-refractivity contribution >= 4 is 33.0 Å². The molecule has 2 aromatic carbocycles. The second-order valence-electron chi connectivity index (χ2n) is 8.36. The fourth-order valence-electron chi connectivity index (χ4n) is 4.10. The molecule has 2 heterocycles. The zero-order valence-corrected chi connectivity index (χ0v) is 21.2. The normalized spacial score (nSPS) is 15.3. The number of amides is 1. The van der Waals surface area contributed by atoms with Crippen LogP contribution in [0.15, 0.2) is 52.7 Å². The largest absolute Gasteiger partial charge is 0.494 e. The van der Waals surface area contributed by atoms with Gasteiger partial charge in [0.15, 0.2) is 0 Å². The van der Waals surface area contributed by atoms with E-state index in [1.54, 1.807) is 29.5 Å². The van der Waals surface area contributed by atoms with Crippen molar-refractivity contribution < 1.29 is 17.9 Å². The molecule has 1 aliphatic heterocycles. The number of carbonyl (C=O) groups excluding carboxylic acids is 1. The van der Waals surface area contributed by atoms with Gasteiger partial charge in [-0.05, 0) is 69.5 Å². The Hall–Kier alpha value is -2.75. The molecule has 0 radical (unpaired) electrons. The zero-order valence-electron chi connectivity index (χ0n) is 19.6. The first-order valence-corrected chi connectivity index (χ1v) is 13.7. The van der Waals surface area contributed by atoms with Crippen LogP contribution in [0.1, 0.15) is 30.3 Å². The molecule has 1 fully saturated rings. The summed E-state index contributed by atoms with van der Waals surface area (Å²) in [4.78, 5) is 17.6. The highest BCUT2D eigenvalue weighted by molar-refractivity contribution is 7.89. The van der Waals surface area contributed by atoms with Gasteiger partial charge in [-0.3, -0.25) is 4.79 Å². The molecule has 0 bridgehead atoms. The van der Waals surface area contributed by atoms with Crippen LogP contribution in [0.4, 0.5) is 5.69 Å². The maximum atomic E-state index is 13.1. The van der Waals surface area contributed by atoms with Crippen LogP contribution in [-0.4, -0.2) is 43.3 Å². The number of hydrogen-bond acceptors (Lipinski definition) is 6. The lowest BCUT2D eigenvalue weighted by Crippen LogP contribution is -2.41. The SMILES string of the molecule is CCOc1ccc(S(=O)(=O)N2CCC(C(=O)Nc3cccc(-c4csc(C)n4)c3)CC2)cc1C. The fourth-order valence-corrected chi connectivity index (χ4v) is 6.28. The Balaban J connectivity index is 1.38. The summed E-state index contributed by atoms with van der Waals surface area (Å²) in [5.74, 6) is 0.366. The van der Waals surface area contributed by atoms with Gasteiger partial charge in [0.25, 0.3) is 0 Å². The van der Waals surface area contributed by atoms with E-state index in [-0.39, 0.29) is 16.7 Å². The van der Waals surface area contributed by atoms with Crippen molar-refractivity contribution in [3.8, 4) is 17.0 Å². The molecule has 0 spiro atoms. The van der Waals surface area contributed by atoms with Gasteiger partial charge in [0.2, 0.25) is 15.9 Å². The van der Waals surface area contributed by atoms with Gasteiger partial charge < -0.3 is 10.1 Å². The van der Waals surface area contributed by atoms with Crippen molar-refractivity contribution in [2.75, 3.05) is 25.0 Å². The molecule has 1 aliphatic rings. The molecule has 1 saturated heterocycles. The van der Waals surface area contributed by atoms with Crippen molar-refractivity contribution in [2.45, 2.75) is 38.5 Å². The number of carbonyl (C=O) groups is 1. The number of nitrogens with zero attached hydrogens (tertiary/aromatic N) is 2. The average molecular weight is 500 g/mol. The average Bonchev–Trinajstić information content (AvgIpc) is 3.27. The van der Waals surface area contributed by atoms with Gasteiger partial charge in [-0.1, -0.05) is 12.1 Å². The highest BCUT2D eigenvalue weighted by atomic mass is 32.2. The molecule has 0 aliphatic carbocycles. The van der Waals surface area contributed by atoms with E-state index in [1.165, 1.54) is 4.31 Å². The maximum absolute atomic E-state index is 13.1. The van der Waals surface area contributed by atoms with Gasteiger partial charge >= 0.3 is 0 Å². The molecular weight excluding hydrogens is 470 g/mol. The van der Waals surface area contributed by atoms with Gasteiger partial charge in [0.1, 0.15) is 5.75 Å². The summed E-state index contributed by atoms with van der Waals surface area (Å²) < 4.78 is 33.2. The van der Waals surface area contributed by atoms with Crippen LogP contribution in [-0.2, 0) is 14.8 Å². The third kappa shape index (κ3) is 5.32. The maximum Gasteiger partial charge on any atom is 0.243 e. The number of aromatic nitrogens is 1. The summed E-state index contributed by atoms with van der Waals surface area (Å²) in [7, 11) is -3.62. The van der Waals surface area contributed by atoms with Crippen LogP contribution in [0.2, 0.25) is 0 Å². The first kappa shape index (κ1) is 24.4. The summed E-state index contributed by atoms with van der Waals surface area (Å²) >= 11 is 1.59. The van der Waals surface area contributed by atoms with E-state index in [2.05, 4.69) is 10.3 Å². The molecule has 4 rings (SSSR count). The second-order valence-corrected chi connectivity index (χ2v) is 11.4. The Morgan fingerprint density at radius 3 is 2.59 bits per heavy atom. The molecule has 9 heteroatoms. The van der Waals surface area contributed by atoms with Crippen LogP contribution >= 0.6 is 11.3 Å². The zero-order chi connectivity index (χ0) is 24.3. The molecule has 0 atom stereocenters. The lowest BCUT2D eigenvalue weighted by atomic mass is 9.97. The van der Waals surface area contributed by atoms with E-state index in [4.69, 9.17) is 4.74 Å². The van der Waals surface area contributed by atoms with Crippen molar-refractivity contribution in [1.29, 1.82) is 0 Å². The Kier molecular flexibility index (Phi) is 7.35. The molecule has 1 aromatic heterocycles. The van der Waals surface area contributed by atoms with Crippen molar-refractivity contribution in [2.24, 2.45) is 5.92 Å². The number of hydrogen-bond donors (Lipinski definition) is 1. The minimum absolute atomic E-state index is 0.0828. The molecule has 180 valence electrons. The van der Waals surface area contributed by atoms with Crippen molar-refractivity contribution in [1.82, 2.24) is 9.29 Å². The summed E-state index contributed by atoms with van der Waals surface area (Å²) in [6, 6.07) is 12.6. The number of rotatable bonds is 7. The van der Waals surface area contributed by atoms with E-state index < -0.39 is 10.0 Å². The van der Waals surface area contributed by atoms with Crippen LogP contribution in [0.3, 0.4) is 0 Å². The predicted octanol–water partition coefficient (Wildman–Crippen LogP) is 4.87. The first-order chi connectivity index (χ1) is 16.3. The molecule has 7 nitrogen and oxygen atoms in total. The number of benzene rings is 2. The lowest BCUT2D eigenvalue weighted by Gasteiger charge is -2.30. The number of aryl methyl sites for hydroxylation is 2. The third-order valence-electron chi connectivity index (χ3n) is 5.95. The topological polar surface area (TPSA) is 88.6 Å². The van der Waals surface area contributed by atoms with E-state index in [9.17, 15) is 13.2 Å². The molecule has 0 unspecified atom stereocenters. The van der Waals surface area contributed by atoms with Gasteiger partial charge in [0, 0.05) is 35.6 Å². The first-order valence-electron chi connectivity index (χ1n) is 11.3. The predicted molar refractivity (Wildman–Crippen MR) is 135 cm³/mol. The highest BCUT2D eigenvalue weighted by Gasteiger charge is 2.32. The monoisotopic (exact) mass is 499 g/mol. The quantitative estimate of drug-likeness (QED) is 0.501. The van der Waals surface area contributed by atoms with Gasteiger partial charge in [-0.25, -0.2) is 13.4 Å². The van der Waals surface area contributed by atoms with Gasteiger partial charge in [-0.2, -0.15) is 4.31 Å². The second kappa shape index (κ2) is 10.2. The van der Waals surface area contributed by atoms with E-state index >= 15 is 0 Å². The summed E-state index contributed by atoms with van der Waals surface area (Å²) in [6.07, 6.45) is 0.956. The molecule has 0 saturated carbocycles. The van der Waals surface area contributed by atoms with E-state index in [1.807, 2.05) is 50.4 Å². The Morgan fingerprint density at radius 1 is 1.18 bits per heavy atom. The van der Waals surface area contributed by atoms with Crippen LogP contribution in [0, 0.1) is 19.8 Å². The number of thiazole rings is 1. The van der Waals surface area contributed by atoms with Crippen molar-refractivity contribution in [3.05, 3.63) is 58.4 Å². The van der Waals surface area contributed by atoms with Crippen LogP contribution in [0.5, 0.6) is 5.75 Å². The minimum Gasteiger partial charge on any atom is -0.494 e. The standard InChI is InChI=1S/C25H29N3O4S2/c1-4-32-24-9-8-22(14-17(24)2)34(30,31)28-12-10-19(11-13-28)25(29)27-21-7-5-6-20(15-21)23-16-33-18(3)26-23/h5-9,14-16,19H,4,10-13H2,1-3H3,(H,27,29). The number of piperidine rings is 1. The molecule has 3 aromatic rings. The number of anilines is 1. The Bertz CT molecular complexity index is 1280. The third-order valence-corrected chi connectivity index (χ3v) is 8.62. The van der Waals surface area contributed by atoms with Crippen molar-refractivity contribution in [3.63, 3.8) is 0 Å². The van der Waals surface area contributed by atoms with Crippen LogP contribution < -0.4 is 10.1 Å². The minimum atomic E-state index is -3.62. The summed E-state index contributed by atoms with van der Waals surface area (Å²) in [6.45, 7) is 6.84. The van der Waals surface area contributed by atoms with Gasteiger partial charge in [0.05, 0.1) is 22.2 Å². The van der Waals surface area contributed by atoms with Gasteiger partial charge in [-0.15, -0.1) is 11.3 Å². The van der Waals surface area contributed by atoms with Crippen LogP contribution in [0.25, 0.3) is 11.3 Å². The molecular formula is C25H29N3O4S2. The Morgan fingerprint density at radius 2 is 1.94 bits per heavy atom. The smallest absolute Gasteiger partial charge is 0.243 e. The summed E-state index contributed by atoms with van der Waals surface area (Å²) in [5.41, 5.74) is 3.34. The molecule has 1 amide bonds. The Labute approximate surface area is 204 Å². The molecule has 34 heavy (non-hydrogen) atoms. The lowest BCUT2D eigenvalue weighted by molar-refractivity contribution is -0.120. The number of ether oxygens (including phenoxy) is 1. The fraction of sp³-hybridized carbons (Fsp3) is 0.360. The highest BCUT2D eigenvalue weighted by Crippen LogP contribution is 2.29.